The number of nitrogens with zero attached hydrogens (tertiary/aromatic N) is 3. The van der Waals surface area contributed by atoms with Gasteiger partial charge in [0.05, 0.1) is 6.20 Å². The van der Waals surface area contributed by atoms with E-state index in [0.29, 0.717) is 12.1 Å². The zero-order valence-corrected chi connectivity index (χ0v) is 16.8. The van der Waals surface area contributed by atoms with E-state index in [1.165, 1.54) is 0 Å². The number of hydrogen-bond acceptors (Lipinski definition) is 4. The lowest BCUT2D eigenvalue weighted by Crippen LogP contribution is -2.44. The molecule has 3 amide bonds. The van der Waals surface area contributed by atoms with E-state index in [0.717, 1.165) is 21.4 Å². The molecule has 2 aromatic rings. The summed E-state index contributed by atoms with van der Waals surface area (Å²) in [5, 5.41) is 9.21. The Morgan fingerprint density at radius 3 is 2.67 bits per heavy atom. The summed E-state index contributed by atoms with van der Waals surface area (Å²) in [4.78, 5) is 38.7. The number of benzene rings is 1. The number of likely N-dealkylation sites (N-methyl/N-ethyl adjacent to an activating group) is 1. The predicted octanol–water partition coefficient (Wildman–Crippen LogP) is 1.33. The van der Waals surface area contributed by atoms with Crippen LogP contribution in [0.2, 0.25) is 0 Å². The van der Waals surface area contributed by atoms with Crippen LogP contribution in [0.5, 0.6) is 0 Å². The van der Waals surface area contributed by atoms with Crippen molar-refractivity contribution < 1.29 is 14.4 Å². The number of carbonyl (C=O) groups excluding carboxylic acids is 3. The van der Waals surface area contributed by atoms with Crippen molar-refractivity contribution in [2.24, 2.45) is 7.05 Å². The first-order valence-electron chi connectivity index (χ1n) is 8.50. The van der Waals surface area contributed by atoms with Gasteiger partial charge in [-0.3, -0.25) is 19.1 Å². The Labute approximate surface area is 165 Å². The average molecular weight is 434 g/mol. The molecule has 142 valence electrons. The van der Waals surface area contributed by atoms with Crippen LogP contribution in [0.3, 0.4) is 0 Å². The summed E-state index contributed by atoms with van der Waals surface area (Å²) in [5.41, 5.74) is 3.13. The van der Waals surface area contributed by atoms with Crippen molar-refractivity contribution in [3.8, 4) is 0 Å². The first-order valence-corrected chi connectivity index (χ1v) is 9.29. The number of fused-ring (bicyclic) bond motifs is 1. The standard InChI is InChI=1S/C18H20BrN5O3/c1-4-24-14-6-5-12(19)7-13(14)15(18(24)27)22-17(26)16(25)20-8-11-9-21-23(3)10(11)2/h5-7,9,15H,4,8H2,1-3H3,(H,20,25)(H,22,26)/t15-/m1/s1. The SMILES string of the molecule is CCN1C(=O)[C@H](NC(=O)C(=O)NCc2cnn(C)c2C)c2cc(Br)ccc21. The molecule has 9 heteroatoms. The summed E-state index contributed by atoms with van der Waals surface area (Å²) in [6.07, 6.45) is 1.64. The fourth-order valence-corrected chi connectivity index (χ4v) is 3.42. The Balaban J connectivity index is 1.70. The van der Waals surface area contributed by atoms with E-state index in [9.17, 15) is 14.4 Å². The van der Waals surface area contributed by atoms with Crippen molar-refractivity contribution in [2.45, 2.75) is 26.4 Å². The minimum atomic E-state index is -0.879. The molecule has 1 aromatic carbocycles. The number of nitrogens with one attached hydrogen (secondary N) is 2. The lowest BCUT2D eigenvalue weighted by molar-refractivity contribution is -0.140. The number of amides is 3. The fraction of sp³-hybridized carbons (Fsp3) is 0.333. The maximum Gasteiger partial charge on any atom is 0.310 e. The number of anilines is 1. The average Bonchev–Trinajstić information content (AvgIpc) is 3.10. The Hall–Kier alpha value is -2.68. The summed E-state index contributed by atoms with van der Waals surface area (Å²) >= 11 is 3.38. The van der Waals surface area contributed by atoms with Crippen molar-refractivity contribution >= 4 is 39.3 Å². The highest BCUT2D eigenvalue weighted by Gasteiger charge is 2.38. The van der Waals surface area contributed by atoms with E-state index < -0.39 is 17.9 Å². The Morgan fingerprint density at radius 2 is 2.04 bits per heavy atom. The highest BCUT2D eigenvalue weighted by atomic mass is 79.9. The van der Waals surface area contributed by atoms with E-state index in [-0.39, 0.29) is 12.5 Å². The number of halogens is 1. The lowest BCUT2D eigenvalue weighted by Gasteiger charge is -2.15. The molecule has 8 nitrogen and oxygen atoms in total. The van der Waals surface area contributed by atoms with Crippen LogP contribution in [-0.4, -0.2) is 34.0 Å². The second-order valence-corrected chi connectivity index (χ2v) is 7.17. The zero-order valence-electron chi connectivity index (χ0n) is 15.2. The zero-order chi connectivity index (χ0) is 19.7. The molecule has 0 saturated carbocycles. The van der Waals surface area contributed by atoms with Crippen molar-refractivity contribution in [1.29, 1.82) is 0 Å². The molecule has 27 heavy (non-hydrogen) atoms. The number of aromatic nitrogens is 2. The molecular weight excluding hydrogens is 414 g/mol. The van der Waals surface area contributed by atoms with Crippen LogP contribution >= 0.6 is 15.9 Å². The number of rotatable bonds is 4. The van der Waals surface area contributed by atoms with Gasteiger partial charge in [-0.1, -0.05) is 15.9 Å². The molecule has 0 fully saturated rings. The van der Waals surface area contributed by atoms with Gasteiger partial charge in [-0.05, 0) is 32.0 Å². The molecule has 2 N–H and O–H groups in total. The molecule has 1 aliphatic rings. The Bertz CT molecular complexity index is 924. The van der Waals surface area contributed by atoms with Gasteiger partial charge in [0.2, 0.25) is 0 Å². The summed E-state index contributed by atoms with van der Waals surface area (Å²) < 4.78 is 2.48. The van der Waals surface area contributed by atoms with Gasteiger partial charge in [0.1, 0.15) is 6.04 Å². The summed E-state index contributed by atoms with van der Waals surface area (Å²) in [7, 11) is 1.80. The lowest BCUT2D eigenvalue weighted by atomic mass is 10.1. The predicted molar refractivity (Wildman–Crippen MR) is 103 cm³/mol. The molecule has 0 bridgehead atoms. The highest BCUT2D eigenvalue weighted by Crippen LogP contribution is 2.37. The Morgan fingerprint density at radius 1 is 1.30 bits per heavy atom. The van der Waals surface area contributed by atoms with E-state index in [4.69, 9.17) is 0 Å². The molecule has 0 aliphatic carbocycles. The molecule has 1 atom stereocenters. The molecule has 0 saturated heterocycles. The van der Waals surface area contributed by atoms with Crippen LogP contribution in [-0.2, 0) is 28.0 Å². The monoisotopic (exact) mass is 433 g/mol. The molecule has 0 spiro atoms. The maximum atomic E-state index is 12.6. The van der Waals surface area contributed by atoms with Crippen LogP contribution in [0.4, 0.5) is 5.69 Å². The van der Waals surface area contributed by atoms with Crippen LogP contribution in [0.1, 0.15) is 29.8 Å². The van der Waals surface area contributed by atoms with Gasteiger partial charge in [-0.15, -0.1) is 0 Å². The summed E-state index contributed by atoms with van der Waals surface area (Å²) in [6, 6.07) is 4.56. The molecule has 1 aromatic heterocycles. The fourth-order valence-electron chi connectivity index (χ4n) is 3.05. The number of aryl methyl sites for hydroxylation is 1. The van der Waals surface area contributed by atoms with Gasteiger partial charge < -0.3 is 15.5 Å². The summed E-state index contributed by atoms with van der Waals surface area (Å²) in [5.74, 6) is -1.90. The molecule has 3 rings (SSSR count). The molecular formula is C18H20BrN5O3. The topological polar surface area (TPSA) is 96.3 Å². The van der Waals surface area contributed by atoms with Gasteiger partial charge >= 0.3 is 11.8 Å². The normalized spacial score (nSPS) is 15.6. The maximum absolute atomic E-state index is 12.6. The largest absolute Gasteiger partial charge is 0.344 e. The third-order valence-corrected chi connectivity index (χ3v) is 5.17. The molecule has 0 unspecified atom stereocenters. The first kappa shape index (κ1) is 19.1. The van der Waals surface area contributed by atoms with Crippen LogP contribution in [0.15, 0.2) is 28.9 Å². The summed E-state index contributed by atoms with van der Waals surface area (Å²) in [6.45, 7) is 4.40. The van der Waals surface area contributed by atoms with E-state index in [1.54, 1.807) is 28.9 Å². The molecule has 1 aliphatic heterocycles. The van der Waals surface area contributed by atoms with E-state index in [2.05, 4.69) is 31.7 Å². The van der Waals surface area contributed by atoms with Crippen molar-refractivity contribution in [3.63, 3.8) is 0 Å². The molecule has 2 heterocycles. The smallest absolute Gasteiger partial charge is 0.310 e. The third kappa shape index (κ3) is 3.59. The van der Waals surface area contributed by atoms with Crippen LogP contribution in [0.25, 0.3) is 0 Å². The first-order chi connectivity index (χ1) is 12.8. The quantitative estimate of drug-likeness (QED) is 0.710. The third-order valence-electron chi connectivity index (χ3n) is 4.68. The number of carbonyl (C=O) groups is 3. The van der Waals surface area contributed by atoms with Crippen LogP contribution < -0.4 is 15.5 Å². The number of hydrogen-bond donors (Lipinski definition) is 2. The second kappa shape index (κ2) is 7.51. The van der Waals surface area contributed by atoms with Gasteiger partial charge in [0, 0.05) is 47.1 Å². The van der Waals surface area contributed by atoms with Gasteiger partial charge in [-0.25, -0.2) is 0 Å². The Kier molecular flexibility index (Phi) is 5.31. The van der Waals surface area contributed by atoms with Gasteiger partial charge in [0.15, 0.2) is 0 Å². The highest BCUT2D eigenvalue weighted by molar-refractivity contribution is 9.10. The second-order valence-electron chi connectivity index (χ2n) is 6.25. The minimum absolute atomic E-state index is 0.188. The van der Waals surface area contributed by atoms with Gasteiger partial charge in [-0.2, -0.15) is 5.10 Å². The molecule has 0 radical (unpaired) electrons. The van der Waals surface area contributed by atoms with Crippen molar-refractivity contribution in [3.05, 3.63) is 45.7 Å². The van der Waals surface area contributed by atoms with Crippen molar-refractivity contribution in [1.82, 2.24) is 20.4 Å². The van der Waals surface area contributed by atoms with E-state index >= 15 is 0 Å². The van der Waals surface area contributed by atoms with Crippen molar-refractivity contribution in [2.75, 3.05) is 11.4 Å². The van der Waals surface area contributed by atoms with Gasteiger partial charge in [0.25, 0.3) is 5.91 Å². The van der Waals surface area contributed by atoms with Crippen LogP contribution in [0, 0.1) is 6.92 Å². The minimum Gasteiger partial charge on any atom is -0.344 e. The van der Waals surface area contributed by atoms with E-state index in [1.807, 2.05) is 26.0 Å².